The van der Waals surface area contributed by atoms with Crippen LogP contribution in [0.2, 0.25) is 0 Å². The monoisotopic (exact) mass is 310 g/mol. The Kier molecular flexibility index (Phi) is 5.98. The molecule has 1 aromatic carbocycles. The Bertz CT molecular complexity index is 489. The van der Waals surface area contributed by atoms with Crippen molar-refractivity contribution < 1.29 is 19.4 Å². The maximum atomic E-state index is 11.9. The molecular formula is C16H22O4S. The summed E-state index contributed by atoms with van der Waals surface area (Å²) >= 11 is 1.11. The fourth-order valence-electron chi connectivity index (χ4n) is 1.61. The van der Waals surface area contributed by atoms with Crippen molar-refractivity contribution in [2.24, 2.45) is 0 Å². The molecule has 1 atom stereocenters. The fraction of sp³-hybridized carbons (Fsp3) is 0.500. The van der Waals surface area contributed by atoms with E-state index in [4.69, 9.17) is 4.74 Å². The van der Waals surface area contributed by atoms with Gasteiger partial charge in [0.05, 0.1) is 6.42 Å². The number of carbonyl (C=O) groups excluding carboxylic acids is 2. The number of esters is 1. The number of carbonyl (C=O) groups is 2. The van der Waals surface area contributed by atoms with Gasteiger partial charge >= 0.3 is 5.97 Å². The minimum Gasteiger partial charge on any atom is -0.459 e. The van der Waals surface area contributed by atoms with Crippen LogP contribution >= 0.6 is 11.8 Å². The van der Waals surface area contributed by atoms with Crippen LogP contribution in [0.25, 0.3) is 0 Å². The zero-order chi connectivity index (χ0) is 16.1. The molecule has 0 spiro atoms. The first-order valence-electron chi connectivity index (χ1n) is 6.75. The highest BCUT2D eigenvalue weighted by atomic mass is 32.2. The molecule has 4 nitrogen and oxygen atoms in total. The highest BCUT2D eigenvalue weighted by Gasteiger charge is 2.36. The normalized spacial score (nSPS) is 14.3. The number of hydrogen-bond acceptors (Lipinski definition) is 5. The predicted octanol–water partition coefficient (Wildman–Crippen LogP) is 2.93. The van der Waals surface area contributed by atoms with Crippen molar-refractivity contribution in [3.05, 3.63) is 35.9 Å². The molecule has 0 saturated carbocycles. The van der Waals surface area contributed by atoms with E-state index in [-0.39, 0.29) is 22.9 Å². The molecule has 0 fully saturated rings. The van der Waals surface area contributed by atoms with E-state index in [9.17, 15) is 14.7 Å². The molecule has 0 bridgehead atoms. The summed E-state index contributed by atoms with van der Waals surface area (Å²) in [7, 11) is 0. The number of benzene rings is 1. The SMILES string of the molecule is CC(C)(C)SC(=O)C[C@](C)(O)C(=O)OCc1ccccc1. The van der Waals surface area contributed by atoms with Gasteiger partial charge in [-0.15, -0.1) is 0 Å². The largest absolute Gasteiger partial charge is 0.459 e. The highest BCUT2D eigenvalue weighted by Crippen LogP contribution is 2.28. The van der Waals surface area contributed by atoms with E-state index in [2.05, 4.69) is 0 Å². The lowest BCUT2D eigenvalue weighted by molar-refractivity contribution is -0.166. The van der Waals surface area contributed by atoms with E-state index in [1.807, 2.05) is 51.1 Å². The molecule has 0 unspecified atom stereocenters. The quantitative estimate of drug-likeness (QED) is 0.847. The van der Waals surface area contributed by atoms with Crippen molar-refractivity contribution in [3.63, 3.8) is 0 Å². The van der Waals surface area contributed by atoms with Crippen LogP contribution in [0.4, 0.5) is 0 Å². The van der Waals surface area contributed by atoms with Gasteiger partial charge in [0.15, 0.2) is 10.7 Å². The van der Waals surface area contributed by atoms with Crippen LogP contribution in [0, 0.1) is 0 Å². The van der Waals surface area contributed by atoms with Crippen LogP contribution in [0.15, 0.2) is 30.3 Å². The van der Waals surface area contributed by atoms with Crippen LogP contribution in [0.5, 0.6) is 0 Å². The maximum Gasteiger partial charge on any atom is 0.338 e. The minimum atomic E-state index is -1.80. The minimum absolute atomic E-state index is 0.0798. The van der Waals surface area contributed by atoms with Gasteiger partial charge in [-0.3, -0.25) is 4.79 Å². The number of ether oxygens (including phenoxy) is 1. The van der Waals surface area contributed by atoms with Crippen LogP contribution in [-0.2, 0) is 20.9 Å². The van der Waals surface area contributed by atoms with Crippen molar-refractivity contribution in [2.75, 3.05) is 0 Å². The molecule has 1 aromatic rings. The third-order valence-electron chi connectivity index (χ3n) is 2.56. The zero-order valence-corrected chi connectivity index (χ0v) is 13.7. The lowest BCUT2D eigenvalue weighted by atomic mass is 10.0. The molecule has 1 N–H and O–H groups in total. The first-order chi connectivity index (χ1) is 9.60. The molecular weight excluding hydrogens is 288 g/mol. The molecule has 0 radical (unpaired) electrons. The van der Waals surface area contributed by atoms with Gasteiger partial charge < -0.3 is 9.84 Å². The Labute approximate surface area is 129 Å². The summed E-state index contributed by atoms with van der Waals surface area (Å²) in [4.78, 5) is 23.8. The molecule has 5 heteroatoms. The standard InChI is InChI=1S/C16H22O4S/c1-15(2,3)21-13(17)10-16(4,19)14(18)20-11-12-8-6-5-7-9-12/h5-9,19H,10-11H2,1-4H3/t16-/m0/s1. The molecule has 0 saturated heterocycles. The summed E-state index contributed by atoms with van der Waals surface area (Å²) in [5.74, 6) is -0.783. The summed E-state index contributed by atoms with van der Waals surface area (Å²) in [6.07, 6.45) is -0.261. The number of rotatable bonds is 5. The highest BCUT2D eigenvalue weighted by molar-refractivity contribution is 8.14. The molecule has 0 aromatic heterocycles. The summed E-state index contributed by atoms with van der Waals surface area (Å²) in [5.41, 5.74) is -0.971. The van der Waals surface area contributed by atoms with Gasteiger partial charge in [-0.2, -0.15) is 0 Å². The Morgan fingerprint density at radius 1 is 1.14 bits per heavy atom. The number of hydrogen-bond donors (Lipinski definition) is 1. The topological polar surface area (TPSA) is 63.6 Å². The van der Waals surface area contributed by atoms with E-state index in [1.54, 1.807) is 0 Å². The Morgan fingerprint density at radius 2 is 1.71 bits per heavy atom. The lowest BCUT2D eigenvalue weighted by Gasteiger charge is -2.22. The Morgan fingerprint density at radius 3 is 2.24 bits per heavy atom. The lowest BCUT2D eigenvalue weighted by Crippen LogP contribution is -2.39. The second kappa shape index (κ2) is 7.09. The Hall–Kier alpha value is -1.33. The second-order valence-electron chi connectivity index (χ2n) is 6.10. The summed E-state index contributed by atoms with van der Waals surface area (Å²) < 4.78 is 4.82. The molecule has 0 aliphatic rings. The average Bonchev–Trinajstić information content (AvgIpc) is 2.34. The van der Waals surface area contributed by atoms with Gasteiger partial charge in [-0.1, -0.05) is 62.9 Å². The summed E-state index contributed by atoms with van der Waals surface area (Å²) in [5, 5.41) is 9.89. The fourth-order valence-corrected chi connectivity index (χ4v) is 2.65. The Balaban J connectivity index is 2.53. The van der Waals surface area contributed by atoms with E-state index < -0.39 is 11.6 Å². The molecule has 21 heavy (non-hydrogen) atoms. The van der Waals surface area contributed by atoms with E-state index >= 15 is 0 Å². The smallest absolute Gasteiger partial charge is 0.338 e. The molecule has 0 heterocycles. The third-order valence-corrected chi connectivity index (χ3v) is 3.55. The van der Waals surface area contributed by atoms with Gasteiger partial charge in [0.2, 0.25) is 0 Å². The predicted molar refractivity (Wildman–Crippen MR) is 83.8 cm³/mol. The molecule has 116 valence electrons. The van der Waals surface area contributed by atoms with Crippen LogP contribution in [0.1, 0.15) is 39.7 Å². The molecule has 1 rings (SSSR count). The van der Waals surface area contributed by atoms with Gasteiger partial charge in [-0.25, -0.2) is 4.79 Å². The number of thioether (sulfide) groups is 1. The summed E-state index contributed by atoms with van der Waals surface area (Å²) in [6.45, 7) is 7.09. The van der Waals surface area contributed by atoms with Gasteiger partial charge in [-0.05, 0) is 12.5 Å². The second-order valence-corrected chi connectivity index (χ2v) is 7.98. The van der Waals surface area contributed by atoms with E-state index in [0.29, 0.717) is 0 Å². The van der Waals surface area contributed by atoms with Crippen molar-refractivity contribution in [1.82, 2.24) is 0 Å². The molecule has 0 aliphatic carbocycles. The maximum absolute atomic E-state index is 11.9. The first kappa shape index (κ1) is 17.7. The third kappa shape index (κ3) is 6.78. The first-order valence-corrected chi connectivity index (χ1v) is 7.57. The average molecular weight is 310 g/mol. The van der Waals surface area contributed by atoms with Crippen molar-refractivity contribution in [1.29, 1.82) is 0 Å². The zero-order valence-electron chi connectivity index (χ0n) is 12.9. The molecule has 0 aliphatic heterocycles. The van der Waals surface area contributed by atoms with E-state index in [1.165, 1.54) is 6.92 Å². The van der Waals surface area contributed by atoms with Crippen LogP contribution < -0.4 is 0 Å². The van der Waals surface area contributed by atoms with Crippen molar-refractivity contribution in [3.8, 4) is 0 Å². The van der Waals surface area contributed by atoms with Crippen LogP contribution in [-0.4, -0.2) is 26.5 Å². The summed E-state index contributed by atoms with van der Waals surface area (Å²) in [6, 6.07) is 9.19. The van der Waals surface area contributed by atoms with E-state index in [0.717, 1.165) is 17.3 Å². The van der Waals surface area contributed by atoms with Gasteiger partial charge in [0.1, 0.15) is 6.61 Å². The van der Waals surface area contributed by atoms with Crippen LogP contribution in [0.3, 0.4) is 0 Å². The van der Waals surface area contributed by atoms with Crippen molar-refractivity contribution >= 4 is 22.8 Å². The van der Waals surface area contributed by atoms with Crippen molar-refractivity contribution in [2.45, 2.75) is 51.1 Å². The molecule has 0 amide bonds. The van der Waals surface area contributed by atoms with Gasteiger partial charge in [0.25, 0.3) is 0 Å². The van der Waals surface area contributed by atoms with Gasteiger partial charge in [0, 0.05) is 4.75 Å². The number of aliphatic hydroxyl groups is 1.